The van der Waals surface area contributed by atoms with E-state index in [2.05, 4.69) is 51.0 Å². The van der Waals surface area contributed by atoms with E-state index in [0.717, 1.165) is 97.8 Å². The lowest BCUT2D eigenvalue weighted by atomic mass is 9.47. The number of rotatable bonds is 20. The molecule has 1 aromatic rings. The second-order valence-corrected chi connectivity index (χ2v) is 23.3. The highest BCUT2D eigenvalue weighted by atomic mass is 16.8. The number of allylic oxidation sites excluding steroid dienone is 2. The van der Waals surface area contributed by atoms with Gasteiger partial charge in [0, 0.05) is 48.5 Å². The number of nitrogens with zero attached hydrogens (tertiary/aromatic N) is 3. The molecule has 7 rings (SSSR count). The summed E-state index contributed by atoms with van der Waals surface area (Å²) in [7, 11) is 0. The molecule has 0 radical (unpaired) electrons. The monoisotopic (exact) mass is 1090 g/mol. The average Bonchev–Trinajstić information content (AvgIpc) is 4.05. The summed E-state index contributed by atoms with van der Waals surface area (Å²) in [4.78, 5) is 87.8. The topological polar surface area (TPSA) is 252 Å². The molecule has 3 heterocycles. The fourth-order valence-corrected chi connectivity index (χ4v) is 14.2. The Morgan fingerprint density at radius 2 is 1.21 bits per heavy atom. The first-order valence-corrected chi connectivity index (χ1v) is 27.7. The molecule has 0 spiro atoms. The third-order valence-electron chi connectivity index (χ3n) is 17.5. The molecule has 21 nitrogen and oxygen atoms in total. The SMILES string of the molecule is CC(=O)OC[C@H]1O[C@H](O[C@H]2[C@H](OC(C)=O)[C@@H](OC(C)=O)[C@@H](OCc3cn([C@H]4CC[C@@]5(C)C(=CC[C@H]6[C@@H]7CC[C@H]([C@H](C)CCCC(C)C)[C@@]7(C)CC[C@@H]65)C4)nn3)O[C@@H]2COC(C)=O)[C@H](OC(C)=O)[C@@H](OC(C)=O)[C@@H]1OC(C)=O. The molecule has 0 aromatic carbocycles. The minimum atomic E-state index is -1.81. The van der Waals surface area contributed by atoms with Crippen LogP contribution in [0.3, 0.4) is 0 Å². The normalized spacial score (nSPS) is 35.9. The smallest absolute Gasteiger partial charge is 0.303 e. The Morgan fingerprint density at radius 3 is 1.81 bits per heavy atom. The lowest BCUT2D eigenvalue weighted by Gasteiger charge is -2.58. The van der Waals surface area contributed by atoms with Crippen LogP contribution in [0.15, 0.2) is 17.8 Å². The maximum absolute atomic E-state index is 13.0. The Kier molecular flexibility index (Phi) is 19.7. The van der Waals surface area contributed by atoms with Crippen LogP contribution in [0.1, 0.15) is 165 Å². The van der Waals surface area contributed by atoms with E-state index in [0.29, 0.717) is 22.9 Å². The maximum Gasteiger partial charge on any atom is 0.303 e. The molecule has 2 aliphatic heterocycles. The molecule has 2 saturated heterocycles. The summed E-state index contributed by atoms with van der Waals surface area (Å²) in [5, 5.41) is 9.03. The fourth-order valence-electron chi connectivity index (χ4n) is 14.2. The van der Waals surface area contributed by atoms with Gasteiger partial charge in [-0.3, -0.25) is 33.6 Å². The van der Waals surface area contributed by atoms with Gasteiger partial charge in [0.1, 0.15) is 37.2 Å². The van der Waals surface area contributed by atoms with Gasteiger partial charge >= 0.3 is 41.8 Å². The molecule has 77 heavy (non-hydrogen) atoms. The highest BCUT2D eigenvalue weighted by molar-refractivity contribution is 5.69. The second-order valence-electron chi connectivity index (χ2n) is 23.3. The predicted molar refractivity (Wildman–Crippen MR) is 270 cm³/mol. The van der Waals surface area contributed by atoms with Gasteiger partial charge in [-0.2, -0.15) is 0 Å². The molecule has 18 atom stereocenters. The fraction of sp³-hybridized carbons (Fsp3) is 0.804. The van der Waals surface area contributed by atoms with Crippen LogP contribution >= 0.6 is 0 Å². The van der Waals surface area contributed by atoms with Crippen molar-refractivity contribution in [3.05, 3.63) is 23.5 Å². The van der Waals surface area contributed by atoms with E-state index in [-0.39, 0.29) is 18.1 Å². The zero-order valence-corrected chi connectivity index (χ0v) is 47.1. The van der Waals surface area contributed by atoms with E-state index in [1.807, 2.05) is 10.9 Å². The van der Waals surface area contributed by atoms with Crippen molar-refractivity contribution >= 4 is 41.8 Å². The Morgan fingerprint density at radius 1 is 0.649 bits per heavy atom. The van der Waals surface area contributed by atoms with Crippen molar-refractivity contribution in [2.45, 2.75) is 228 Å². The standard InChI is InChI=1S/C56H83N3O18/c1-29(2)14-13-15-30(3)42-18-19-43-41-17-16-38-24-40(20-22-55(38,11)44(41)21-23-56(42,43)12)59-25-39(57-58-59)26-69-53-51(73-36(9)65)50(72-35(8)64)48(46(75-53)28-68-32(5)61)77-54-52(74-37(10)66)49(71-34(7)63)47(70-33(6)62)45(76-54)27-67-31(4)60/h16,25,29-30,40-54H,13-15,17-24,26-28H2,1-12H3/t30-,40+,41+,42-,43+,44+,45-,46-,47-,48-,49+,50+,51-,52-,53+,54-,55+,56-/m1/s1. The summed E-state index contributed by atoms with van der Waals surface area (Å²) in [5.41, 5.74) is 2.48. The largest absolute Gasteiger partial charge is 0.463 e. The number of ether oxygens (including phenoxy) is 11. The van der Waals surface area contributed by atoms with Gasteiger partial charge in [0.2, 0.25) is 0 Å². The summed E-state index contributed by atoms with van der Waals surface area (Å²) in [6, 6.07) is 0.0683. The quantitative estimate of drug-likeness (QED) is 0.0724. The lowest BCUT2D eigenvalue weighted by Crippen LogP contribution is -2.67. The number of aromatic nitrogens is 3. The van der Waals surface area contributed by atoms with Gasteiger partial charge in [-0.15, -0.1) is 5.10 Å². The van der Waals surface area contributed by atoms with Gasteiger partial charge in [-0.25, -0.2) is 4.68 Å². The van der Waals surface area contributed by atoms with E-state index in [1.54, 1.807) is 0 Å². The first-order valence-electron chi connectivity index (χ1n) is 27.7. The Hall–Kier alpha value is -4.99. The molecular weight excluding hydrogens is 1000 g/mol. The zero-order valence-electron chi connectivity index (χ0n) is 47.1. The van der Waals surface area contributed by atoms with Crippen LogP contribution < -0.4 is 0 Å². The second kappa shape index (κ2) is 25.4. The highest BCUT2D eigenvalue weighted by Crippen LogP contribution is 2.68. The molecule has 0 amide bonds. The first-order chi connectivity index (χ1) is 36.4. The van der Waals surface area contributed by atoms with E-state index < -0.39 is 116 Å². The Bertz CT molecular complexity index is 2320. The number of hydrogen-bond donors (Lipinski definition) is 0. The maximum atomic E-state index is 13.0. The minimum Gasteiger partial charge on any atom is -0.463 e. The van der Waals surface area contributed by atoms with Crippen LogP contribution in [0.5, 0.6) is 0 Å². The van der Waals surface area contributed by atoms with Crippen molar-refractivity contribution in [1.82, 2.24) is 15.0 Å². The Labute approximate surface area is 452 Å². The number of carbonyl (C=O) groups is 7. The molecule has 6 aliphatic rings. The third kappa shape index (κ3) is 14.1. The number of hydrogen-bond acceptors (Lipinski definition) is 20. The predicted octanol–water partition coefficient (Wildman–Crippen LogP) is 7.00. The zero-order chi connectivity index (χ0) is 56.1. The van der Waals surface area contributed by atoms with Crippen LogP contribution in [0, 0.1) is 46.3 Å². The van der Waals surface area contributed by atoms with Gasteiger partial charge in [0.05, 0.1) is 18.8 Å². The molecular formula is C56H83N3O18. The molecule has 1 aromatic heterocycles. The summed E-state index contributed by atoms with van der Waals surface area (Å²) >= 11 is 0. The molecule has 0 unspecified atom stereocenters. The van der Waals surface area contributed by atoms with Crippen molar-refractivity contribution in [2.75, 3.05) is 13.2 Å². The van der Waals surface area contributed by atoms with Crippen LogP contribution in [0.2, 0.25) is 0 Å². The van der Waals surface area contributed by atoms with Crippen LogP contribution in [0.4, 0.5) is 0 Å². The number of esters is 7. The number of fused-ring (bicyclic) bond motifs is 5. The van der Waals surface area contributed by atoms with Crippen molar-refractivity contribution in [3.63, 3.8) is 0 Å². The molecule has 0 bridgehead atoms. The summed E-state index contributed by atoms with van der Waals surface area (Å²) < 4.78 is 66.2. The van der Waals surface area contributed by atoms with E-state index in [9.17, 15) is 33.6 Å². The van der Waals surface area contributed by atoms with Crippen molar-refractivity contribution < 1.29 is 85.7 Å². The van der Waals surface area contributed by atoms with E-state index >= 15 is 0 Å². The molecule has 0 N–H and O–H groups in total. The molecule has 5 fully saturated rings. The average molecular weight is 1090 g/mol. The first kappa shape index (κ1) is 59.7. The minimum absolute atomic E-state index is 0.0683. The van der Waals surface area contributed by atoms with Gasteiger partial charge in [0.25, 0.3) is 0 Å². The van der Waals surface area contributed by atoms with Crippen LogP contribution in [-0.4, -0.2) is 131 Å². The summed E-state index contributed by atoms with van der Waals surface area (Å²) in [5.74, 6) is -1.36. The molecule has 4 aliphatic carbocycles. The van der Waals surface area contributed by atoms with Crippen molar-refractivity contribution in [3.8, 4) is 0 Å². The summed E-state index contributed by atoms with van der Waals surface area (Å²) in [6.45, 7) is 18.7. The summed E-state index contributed by atoms with van der Waals surface area (Å²) in [6.07, 6.45) is 1.81. The van der Waals surface area contributed by atoms with E-state index in [1.165, 1.54) is 50.5 Å². The van der Waals surface area contributed by atoms with Crippen LogP contribution in [0.25, 0.3) is 0 Å². The highest BCUT2D eigenvalue weighted by Gasteiger charge is 2.60. The molecule has 3 saturated carbocycles. The molecule has 21 heteroatoms. The van der Waals surface area contributed by atoms with Gasteiger partial charge in [0.15, 0.2) is 43.1 Å². The van der Waals surface area contributed by atoms with Crippen molar-refractivity contribution in [2.24, 2.45) is 46.3 Å². The van der Waals surface area contributed by atoms with Crippen LogP contribution in [-0.2, 0) is 92.3 Å². The third-order valence-corrected chi connectivity index (χ3v) is 17.5. The van der Waals surface area contributed by atoms with Gasteiger partial charge < -0.3 is 52.1 Å². The van der Waals surface area contributed by atoms with Gasteiger partial charge in [-0.05, 0) is 97.7 Å². The van der Waals surface area contributed by atoms with Crippen molar-refractivity contribution in [1.29, 1.82) is 0 Å². The Balaban J connectivity index is 1.09. The van der Waals surface area contributed by atoms with E-state index in [4.69, 9.17) is 52.1 Å². The lowest BCUT2D eigenvalue weighted by molar-refractivity contribution is -0.362. The van der Waals surface area contributed by atoms with Gasteiger partial charge in [-0.1, -0.05) is 70.7 Å². The number of carbonyl (C=O) groups excluding carboxylic acids is 7. The molecule has 430 valence electrons.